The van der Waals surface area contributed by atoms with Crippen LogP contribution < -0.4 is 5.32 Å². The third-order valence-corrected chi connectivity index (χ3v) is 2.95. The largest absolute Gasteiger partial charge is 0.481 e. The zero-order valence-corrected chi connectivity index (χ0v) is 11.4. The Kier molecular flexibility index (Phi) is 4.90. The number of aromatic nitrogens is 1. The molecule has 5 nitrogen and oxygen atoms in total. The number of benzene rings is 1. The molecule has 0 aliphatic heterocycles. The Morgan fingerprint density at radius 1 is 1.35 bits per heavy atom. The quantitative estimate of drug-likeness (QED) is 0.759. The number of aryl methyl sites for hydroxylation is 1. The van der Waals surface area contributed by atoms with Gasteiger partial charge in [0.05, 0.1) is 6.54 Å². The van der Waals surface area contributed by atoms with Crippen LogP contribution in [0.5, 0.6) is 0 Å². The van der Waals surface area contributed by atoms with Gasteiger partial charge in [-0.15, -0.1) is 0 Å². The Morgan fingerprint density at radius 2 is 2.10 bits per heavy atom. The van der Waals surface area contributed by atoms with E-state index in [0.29, 0.717) is 19.5 Å². The Morgan fingerprint density at radius 3 is 2.80 bits per heavy atom. The molecule has 0 bridgehead atoms. The van der Waals surface area contributed by atoms with Crippen molar-refractivity contribution in [1.82, 2.24) is 10.5 Å². The molecule has 0 atom stereocenters. The van der Waals surface area contributed by atoms with E-state index >= 15 is 0 Å². The summed E-state index contributed by atoms with van der Waals surface area (Å²) >= 11 is 0. The maximum atomic E-state index is 10.4. The lowest BCUT2D eigenvalue weighted by Crippen LogP contribution is -2.15. The van der Waals surface area contributed by atoms with Crippen molar-refractivity contribution in [1.29, 1.82) is 0 Å². The van der Waals surface area contributed by atoms with Crippen molar-refractivity contribution in [2.24, 2.45) is 0 Å². The van der Waals surface area contributed by atoms with E-state index in [-0.39, 0.29) is 6.42 Å². The summed E-state index contributed by atoms with van der Waals surface area (Å²) in [6, 6.07) is 9.99. The van der Waals surface area contributed by atoms with Crippen LogP contribution in [0.2, 0.25) is 0 Å². The molecular weight excluding hydrogens is 256 g/mol. The van der Waals surface area contributed by atoms with Gasteiger partial charge in [0, 0.05) is 18.1 Å². The highest BCUT2D eigenvalue weighted by atomic mass is 16.5. The van der Waals surface area contributed by atoms with E-state index in [1.165, 1.54) is 5.56 Å². The van der Waals surface area contributed by atoms with Crippen LogP contribution in [0.4, 0.5) is 0 Å². The number of aliphatic carboxylic acids is 1. The fourth-order valence-corrected chi connectivity index (χ4v) is 1.83. The molecule has 0 amide bonds. The second kappa shape index (κ2) is 6.86. The van der Waals surface area contributed by atoms with Gasteiger partial charge >= 0.3 is 5.97 Å². The Hall–Kier alpha value is -2.14. The van der Waals surface area contributed by atoms with Crippen LogP contribution in [-0.2, 0) is 11.3 Å². The van der Waals surface area contributed by atoms with Crippen LogP contribution in [0.25, 0.3) is 11.3 Å². The molecule has 0 radical (unpaired) electrons. The molecule has 0 aliphatic carbocycles. The fourth-order valence-electron chi connectivity index (χ4n) is 1.83. The number of hydrogen-bond donors (Lipinski definition) is 2. The molecule has 20 heavy (non-hydrogen) atoms. The average Bonchev–Trinajstić information content (AvgIpc) is 2.87. The van der Waals surface area contributed by atoms with E-state index in [0.717, 1.165) is 17.0 Å². The van der Waals surface area contributed by atoms with Gasteiger partial charge in [0.1, 0.15) is 5.69 Å². The van der Waals surface area contributed by atoms with Crippen LogP contribution in [-0.4, -0.2) is 22.8 Å². The number of carboxylic acid groups (broad SMARTS) is 1. The summed E-state index contributed by atoms with van der Waals surface area (Å²) in [5.74, 6) is -0.0241. The minimum atomic E-state index is -0.770. The minimum Gasteiger partial charge on any atom is -0.481 e. The van der Waals surface area contributed by atoms with Gasteiger partial charge in [0.15, 0.2) is 5.76 Å². The molecule has 0 unspecified atom stereocenters. The lowest BCUT2D eigenvalue weighted by molar-refractivity contribution is -0.137. The van der Waals surface area contributed by atoms with Gasteiger partial charge in [-0.1, -0.05) is 35.0 Å². The first-order valence-corrected chi connectivity index (χ1v) is 6.60. The van der Waals surface area contributed by atoms with Gasteiger partial charge in [-0.05, 0) is 19.9 Å². The molecule has 0 saturated heterocycles. The van der Waals surface area contributed by atoms with Crippen LogP contribution in [0.1, 0.15) is 24.2 Å². The van der Waals surface area contributed by atoms with Crippen molar-refractivity contribution < 1.29 is 14.4 Å². The van der Waals surface area contributed by atoms with E-state index in [9.17, 15) is 4.79 Å². The number of carbonyl (C=O) groups is 1. The summed E-state index contributed by atoms with van der Waals surface area (Å²) in [6.45, 7) is 3.24. The topological polar surface area (TPSA) is 75.4 Å². The molecule has 2 aromatic rings. The fraction of sp³-hybridized carbons (Fsp3) is 0.333. The third kappa shape index (κ3) is 4.20. The van der Waals surface area contributed by atoms with Crippen LogP contribution >= 0.6 is 0 Å². The summed E-state index contributed by atoms with van der Waals surface area (Å²) in [6.07, 6.45) is 0.784. The molecule has 0 saturated carbocycles. The average molecular weight is 274 g/mol. The SMILES string of the molecule is Cc1ccc(-c2cc(CNCCCC(=O)O)on2)cc1. The summed E-state index contributed by atoms with van der Waals surface area (Å²) < 4.78 is 5.25. The van der Waals surface area contributed by atoms with Crippen molar-refractivity contribution in [3.05, 3.63) is 41.7 Å². The second-order valence-electron chi connectivity index (χ2n) is 4.72. The number of hydrogen-bond acceptors (Lipinski definition) is 4. The maximum absolute atomic E-state index is 10.4. The van der Waals surface area contributed by atoms with E-state index in [1.54, 1.807) is 0 Å². The predicted molar refractivity (Wildman–Crippen MR) is 75.3 cm³/mol. The highest BCUT2D eigenvalue weighted by Gasteiger charge is 2.06. The molecule has 5 heteroatoms. The molecule has 106 valence electrons. The summed E-state index contributed by atoms with van der Waals surface area (Å²) in [7, 11) is 0. The van der Waals surface area contributed by atoms with E-state index in [2.05, 4.69) is 10.5 Å². The molecule has 1 aromatic heterocycles. The van der Waals surface area contributed by atoms with Gasteiger partial charge in [0.25, 0.3) is 0 Å². The molecule has 1 heterocycles. The molecule has 2 N–H and O–H groups in total. The molecule has 2 rings (SSSR count). The van der Waals surface area contributed by atoms with Gasteiger partial charge in [0.2, 0.25) is 0 Å². The first-order valence-electron chi connectivity index (χ1n) is 6.60. The van der Waals surface area contributed by atoms with E-state index < -0.39 is 5.97 Å². The summed E-state index contributed by atoms with van der Waals surface area (Å²) in [4.78, 5) is 10.4. The van der Waals surface area contributed by atoms with Crippen molar-refractivity contribution in [2.75, 3.05) is 6.54 Å². The first-order chi connectivity index (χ1) is 9.65. The van der Waals surface area contributed by atoms with E-state index in [1.807, 2.05) is 37.3 Å². The Balaban J connectivity index is 1.83. The van der Waals surface area contributed by atoms with Gasteiger partial charge in [-0.25, -0.2) is 0 Å². The predicted octanol–water partition coefficient (Wildman–Crippen LogP) is 2.60. The number of rotatable bonds is 7. The monoisotopic (exact) mass is 274 g/mol. The molecule has 0 aliphatic rings. The molecule has 0 fully saturated rings. The Bertz CT molecular complexity index is 561. The van der Waals surface area contributed by atoms with Crippen molar-refractivity contribution in [2.45, 2.75) is 26.3 Å². The summed E-state index contributed by atoms with van der Waals surface area (Å²) in [5, 5.41) is 15.7. The maximum Gasteiger partial charge on any atom is 0.303 e. The zero-order chi connectivity index (χ0) is 14.4. The van der Waals surface area contributed by atoms with Crippen LogP contribution in [0.15, 0.2) is 34.9 Å². The smallest absolute Gasteiger partial charge is 0.303 e. The Labute approximate surface area is 117 Å². The number of carboxylic acids is 1. The van der Waals surface area contributed by atoms with Gasteiger partial charge in [-0.2, -0.15) is 0 Å². The highest BCUT2D eigenvalue weighted by Crippen LogP contribution is 2.19. The lowest BCUT2D eigenvalue weighted by Gasteiger charge is -1.99. The normalized spacial score (nSPS) is 10.7. The van der Waals surface area contributed by atoms with E-state index in [4.69, 9.17) is 9.63 Å². The van der Waals surface area contributed by atoms with Crippen molar-refractivity contribution in [3.63, 3.8) is 0 Å². The number of nitrogens with one attached hydrogen (secondary N) is 1. The number of nitrogens with zero attached hydrogens (tertiary/aromatic N) is 1. The molecule has 1 aromatic carbocycles. The summed E-state index contributed by atoms with van der Waals surface area (Å²) in [5.41, 5.74) is 3.04. The van der Waals surface area contributed by atoms with Crippen LogP contribution in [0, 0.1) is 6.92 Å². The van der Waals surface area contributed by atoms with Gasteiger partial charge in [-0.3, -0.25) is 4.79 Å². The van der Waals surface area contributed by atoms with Crippen LogP contribution in [0.3, 0.4) is 0 Å². The first kappa shape index (κ1) is 14.3. The van der Waals surface area contributed by atoms with Crippen molar-refractivity contribution >= 4 is 5.97 Å². The second-order valence-corrected chi connectivity index (χ2v) is 4.72. The highest BCUT2D eigenvalue weighted by molar-refractivity contribution is 5.66. The van der Waals surface area contributed by atoms with Gasteiger partial charge < -0.3 is 14.9 Å². The lowest BCUT2D eigenvalue weighted by atomic mass is 10.1. The molecule has 0 spiro atoms. The third-order valence-electron chi connectivity index (χ3n) is 2.95. The minimum absolute atomic E-state index is 0.179. The van der Waals surface area contributed by atoms with Crippen molar-refractivity contribution in [3.8, 4) is 11.3 Å². The molecular formula is C15H18N2O3. The standard InChI is InChI=1S/C15H18N2O3/c1-11-4-6-12(7-5-11)14-9-13(20-17-14)10-16-8-2-3-15(18)19/h4-7,9,16H,2-3,8,10H2,1H3,(H,18,19). The zero-order valence-electron chi connectivity index (χ0n) is 11.4.